The largest absolute Gasteiger partial charge is 0.506 e. The van der Waals surface area contributed by atoms with Crippen molar-refractivity contribution in [3.05, 3.63) is 60.1 Å². The fraction of sp³-hybridized carbons (Fsp3) is 0.200. The lowest BCUT2D eigenvalue weighted by Gasteiger charge is -2.05. The number of phenols is 1. The zero-order valence-corrected chi connectivity index (χ0v) is 14.4. The van der Waals surface area contributed by atoms with E-state index in [1.54, 1.807) is 24.5 Å². The minimum Gasteiger partial charge on any atom is -0.506 e. The van der Waals surface area contributed by atoms with E-state index in [9.17, 15) is 9.90 Å². The zero-order chi connectivity index (χ0) is 18.1. The number of carbonyl (C=O) groups excluding carboxylic acids is 1. The Bertz CT molecular complexity index is 1060. The highest BCUT2D eigenvalue weighted by Gasteiger charge is 2.18. The third-order valence-corrected chi connectivity index (χ3v) is 4.57. The maximum absolute atomic E-state index is 12.7. The number of fused-ring (bicyclic) bond motifs is 1. The lowest BCUT2D eigenvalue weighted by Crippen LogP contribution is -2.02. The Morgan fingerprint density at radius 3 is 2.88 bits per heavy atom. The Morgan fingerprint density at radius 2 is 2.15 bits per heavy atom. The summed E-state index contributed by atoms with van der Waals surface area (Å²) in [5.41, 5.74) is 2.64. The van der Waals surface area contributed by atoms with Crippen LogP contribution in [0, 0.1) is 0 Å². The maximum atomic E-state index is 12.7. The molecule has 0 saturated carbocycles. The van der Waals surface area contributed by atoms with Crippen LogP contribution >= 0.6 is 0 Å². The number of furan rings is 1. The van der Waals surface area contributed by atoms with Crippen molar-refractivity contribution in [1.82, 2.24) is 14.5 Å². The number of benzene rings is 1. The van der Waals surface area contributed by atoms with Crippen LogP contribution in [-0.2, 0) is 13.5 Å². The van der Waals surface area contributed by atoms with Gasteiger partial charge in [0.2, 0.25) is 0 Å². The summed E-state index contributed by atoms with van der Waals surface area (Å²) in [6.07, 6.45) is 5.58. The molecule has 4 rings (SSSR count). The van der Waals surface area contributed by atoms with Crippen LogP contribution < -0.4 is 0 Å². The SMILES string of the molecule is Cn1cccc1CCCC(=O)c1ccc(O)c2[nH]c(-c3ccco3)nc12. The number of nitrogens with one attached hydrogen (secondary N) is 1. The van der Waals surface area contributed by atoms with Gasteiger partial charge in [-0.05, 0) is 49.2 Å². The molecule has 0 aliphatic rings. The number of Topliss-reactive ketones (excluding diaryl/α,β-unsaturated/α-hetero) is 1. The normalized spacial score (nSPS) is 11.3. The predicted molar refractivity (Wildman–Crippen MR) is 98.1 cm³/mol. The molecule has 6 nitrogen and oxygen atoms in total. The number of carbonyl (C=O) groups is 1. The van der Waals surface area contributed by atoms with Crippen LogP contribution in [0.25, 0.3) is 22.6 Å². The minimum atomic E-state index is 0.0155. The number of hydrogen-bond acceptors (Lipinski definition) is 4. The highest BCUT2D eigenvalue weighted by molar-refractivity contribution is 6.07. The highest BCUT2D eigenvalue weighted by atomic mass is 16.3. The minimum absolute atomic E-state index is 0.0155. The van der Waals surface area contributed by atoms with Crippen LogP contribution in [0.5, 0.6) is 5.75 Å². The Hall–Kier alpha value is -3.28. The first-order chi connectivity index (χ1) is 12.6. The quantitative estimate of drug-likeness (QED) is 0.514. The molecule has 0 fully saturated rings. The van der Waals surface area contributed by atoms with Gasteiger partial charge in [0, 0.05) is 30.9 Å². The summed E-state index contributed by atoms with van der Waals surface area (Å²) in [6.45, 7) is 0. The molecule has 1 aromatic carbocycles. The Balaban J connectivity index is 1.58. The molecular weight excluding hydrogens is 330 g/mol. The van der Waals surface area contributed by atoms with Gasteiger partial charge in [-0.1, -0.05) is 0 Å². The van der Waals surface area contributed by atoms with Crippen LogP contribution in [0.4, 0.5) is 0 Å². The second-order valence-corrected chi connectivity index (χ2v) is 6.31. The number of ketones is 1. The fourth-order valence-corrected chi connectivity index (χ4v) is 3.15. The first-order valence-corrected chi connectivity index (χ1v) is 8.52. The molecule has 2 N–H and O–H groups in total. The standard InChI is InChI=1S/C20H19N3O3/c1-23-11-3-6-13(23)5-2-7-15(24)14-9-10-16(25)19-18(14)21-20(22-19)17-8-4-12-26-17/h3-4,6,8-12,25H,2,5,7H2,1H3,(H,21,22). The number of aryl methyl sites for hydroxylation is 2. The van der Waals surface area contributed by atoms with E-state index in [2.05, 4.69) is 20.6 Å². The van der Waals surface area contributed by atoms with E-state index in [-0.39, 0.29) is 11.5 Å². The van der Waals surface area contributed by atoms with Crippen molar-refractivity contribution < 1.29 is 14.3 Å². The Kier molecular flexibility index (Phi) is 4.08. The van der Waals surface area contributed by atoms with Crippen molar-refractivity contribution in [2.24, 2.45) is 7.05 Å². The molecule has 6 heteroatoms. The highest BCUT2D eigenvalue weighted by Crippen LogP contribution is 2.30. The van der Waals surface area contributed by atoms with Gasteiger partial charge in [-0.25, -0.2) is 4.98 Å². The van der Waals surface area contributed by atoms with Crippen molar-refractivity contribution in [2.45, 2.75) is 19.3 Å². The lowest BCUT2D eigenvalue weighted by atomic mass is 10.0. The predicted octanol–water partition coefficient (Wildman–Crippen LogP) is 4.07. The summed E-state index contributed by atoms with van der Waals surface area (Å²) >= 11 is 0. The number of aromatic nitrogens is 3. The summed E-state index contributed by atoms with van der Waals surface area (Å²) in [4.78, 5) is 20.2. The van der Waals surface area contributed by atoms with Crippen LogP contribution in [0.2, 0.25) is 0 Å². The molecular formula is C20H19N3O3. The number of aromatic amines is 1. The van der Waals surface area contributed by atoms with E-state index in [1.807, 2.05) is 19.3 Å². The molecule has 3 aromatic heterocycles. The van der Waals surface area contributed by atoms with Gasteiger partial charge in [0.15, 0.2) is 17.4 Å². The van der Waals surface area contributed by atoms with Gasteiger partial charge in [0.25, 0.3) is 0 Å². The van der Waals surface area contributed by atoms with Crippen molar-refractivity contribution in [3.8, 4) is 17.3 Å². The van der Waals surface area contributed by atoms with E-state index in [0.29, 0.717) is 34.6 Å². The fourth-order valence-electron chi connectivity index (χ4n) is 3.15. The third-order valence-electron chi connectivity index (χ3n) is 4.57. The second-order valence-electron chi connectivity index (χ2n) is 6.31. The van der Waals surface area contributed by atoms with Gasteiger partial charge in [0.05, 0.1) is 6.26 Å². The molecule has 26 heavy (non-hydrogen) atoms. The molecule has 0 aliphatic heterocycles. The molecule has 4 aromatic rings. The Labute approximate surface area is 150 Å². The van der Waals surface area contributed by atoms with E-state index >= 15 is 0 Å². The summed E-state index contributed by atoms with van der Waals surface area (Å²) in [7, 11) is 2.00. The monoisotopic (exact) mass is 349 g/mol. The first kappa shape index (κ1) is 16.2. The van der Waals surface area contributed by atoms with Crippen LogP contribution in [-0.4, -0.2) is 25.4 Å². The molecule has 0 aliphatic carbocycles. The van der Waals surface area contributed by atoms with Gasteiger partial charge >= 0.3 is 0 Å². The van der Waals surface area contributed by atoms with Gasteiger partial charge in [0.1, 0.15) is 16.8 Å². The average Bonchev–Trinajstić information content (AvgIpc) is 3.35. The molecule has 0 saturated heterocycles. The van der Waals surface area contributed by atoms with Crippen molar-refractivity contribution in [1.29, 1.82) is 0 Å². The zero-order valence-electron chi connectivity index (χ0n) is 14.4. The van der Waals surface area contributed by atoms with Gasteiger partial charge in [-0.15, -0.1) is 0 Å². The van der Waals surface area contributed by atoms with Crippen molar-refractivity contribution in [3.63, 3.8) is 0 Å². The van der Waals surface area contributed by atoms with Gasteiger partial charge < -0.3 is 19.1 Å². The van der Waals surface area contributed by atoms with Gasteiger partial charge in [-0.3, -0.25) is 4.79 Å². The smallest absolute Gasteiger partial charge is 0.174 e. The number of imidazole rings is 1. The van der Waals surface area contributed by atoms with Crippen LogP contribution in [0.1, 0.15) is 28.9 Å². The van der Waals surface area contributed by atoms with Crippen molar-refractivity contribution in [2.75, 3.05) is 0 Å². The van der Waals surface area contributed by atoms with Crippen LogP contribution in [0.3, 0.4) is 0 Å². The molecule has 132 valence electrons. The summed E-state index contributed by atoms with van der Waals surface area (Å²) in [5.74, 6) is 1.12. The van der Waals surface area contributed by atoms with Crippen molar-refractivity contribution >= 4 is 16.8 Å². The summed E-state index contributed by atoms with van der Waals surface area (Å²) in [5, 5.41) is 10.1. The Morgan fingerprint density at radius 1 is 1.27 bits per heavy atom. The molecule has 0 unspecified atom stereocenters. The van der Waals surface area contributed by atoms with E-state index in [4.69, 9.17) is 4.42 Å². The molecule has 0 bridgehead atoms. The molecule has 0 amide bonds. The number of hydrogen-bond donors (Lipinski definition) is 2. The summed E-state index contributed by atoms with van der Waals surface area (Å²) < 4.78 is 7.41. The topological polar surface area (TPSA) is 84.0 Å². The number of H-pyrrole nitrogens is 1. The average molecular weight is 349 g/mol. The number of rotatable bonds is 6. The number of phenolic OH excluding ortho intramolecular Hbond substituents is 1. The third kappa shape index (κ3) is 2.90. The molecule has 0 atom stereocenters. The molecule has 0 radical (unpaired) electrons. The first-order valence-electron chi connectivity index (χ1n) is 8.52. The lowest BCUT2D eigenvalue weighted by molar-refractivity contribution is 0.0981. The van der Waals surface area contributed by atoms with Crippen LogP contribution in [0.15, 0.2) is 53.3 Å². The van der Waals surface area contributed by atoms with E-state index in [0.717, 1.165) is 12.8 Å². The molecule has 3 heterocycles. The van der Waals surface area contributed by atoms with E-state index < -0.39 is 0 Å². The molecule has 0 spiro atoms. The number of nitrogens with zero attached hydrogens (tertiary/aromatic N) is 2. The maximum Gasteiger partial charge on any atom is 0.174 e. The van der Waals surface area contributed by atoms with Gasteiger partial charge in [-0.2, -0.15) is 0 Å². The summed E-state index contributed by atoms with van der Waals surface area (Å²) in [6, 6.07) is 10.8. The second kappa shape index (κ2) is 6.55. The number of aromatic hydroxyl groups is 1. The van der Waals surface area contributed by atoms with E-state index in [1.165, 1.54) is 11.8 Å².